The van der Waals surface area contributed by atoms with E-state index in [-0.39, 0.29) is 17.4 Å². The standard InChI is InChI=1S/C25H29N3O4/c1-3-27(4-2)19-9-7-17(8-10-19)22-21(23(29)18-11-13-26-14-12-18)24(30)25(31)28(22)16-20-6-5-15-32-20/h7-14,20,22,29H,3-6,15-16H2,1-2H3/b23-21-. The van der Waals surface area contributed by atoms with E-state index in [4.69, 9.17) is 4.74 Å². The Morgan fingerprint density at radius 2 is 1.81 bits per heavy atom. The van der Waals surface area contributed by atoms with Gasteiger partial charge in [-0.25, -0.2) is 0 Å². The summed E-state index contributed by atoms with van der Waals surface area (Å²) in [4.78, 5) is 33.9. The number of hydrogen-bond acceptors (Lipinski definition) is 6. The summed E-state index contributed by atoms with van der Waals surface area (Å²) in [7, 11) is 0. The number of carbonyl (C=O) groups excluding carboxylic acids is 2. The first kappa shape index (κ1) is 22.0. The van der Waals surface area contributed by atoms with Crippen molar-refractivity contribution in [3.8, 4) is 0 Å². The number of amides is 1. The molecule has 7 nitrogen and oxygen atoms in total. The molecule has 0 radical (unpaired) electrons. The summed E-state index contributed by atoms with van der Waals surface area (Å²) in [5.41, 5.74) is 2.42. The number of hydrogen-bond donors (Lipinski definition) is 1. The lowest BCUT2D eigenvalue weighted by atomic mass is 9.95. The van der Waals surface area contributed by atoms with Crippen LogP contribution in [0.1, 0.15) is 43.9 Å². The lowest BCUT2D eigenvalue weighted by Crippen LogP contribution is -2.36. The van der Waals surface area contributed by atoms with Gasteiger partial charge in [-0.3, -0.25) is 14.6 Å². The van der Waals surface area contributed by atoms with E-state index >= 15 is 0 Å². The van der Waals surface area contributed by atoms with Crippen LogP contribution >= 0.6 is 0 Å². The number of Topliss-reactive ketones (excluding diaryl/α,β-unsaturated/α-hetero) is 1. The van der Waals surface area contributed by atoms with Crippen molar-refractivity contribution >= 4 is 23.1 Å². The molecule has 2 aliphatic heterocycles. The van der Waals surface area contributed by atoms with Gasteiger partial charge in [0.05, 0.1) is 17.7 Å². The second-order valence-corrected chi connectivity index (χ2v) is 8.09. The van der Waals surface area contributed by atoms with E-state index in [1.807, 2.05) is 24.3 Å². The minimum atomic E-state index is -0.671. The van der Waals surface area contributed by atoms with E-state index in [0.29, 0.717) is 18.7 Å². The number of likely N-dealkylation sites (tertiary alicyclic amines) is 1. The van der Waals surface area contributed by atoms with E-state index in [1.54, 1.807) is 29.4 Å². The Balaban J connectivity index is 1.78. The fourth-order valence-electron chi connectivity index (χ4n) is 4.54. The molecule has 2 aliphatic rings. The number of ketones is 1. The minimum Gasteiger partial charge on any atom is -0.507 e. The van der Waals surface area contributed by atoms with Gasteiger partial charge in [-0.1, -0.05) is 12.1 Å². The first-order valence-corrected chi connectivity index (χ1v) is 11.2. The summed E-state index contributed by atoms with van der Waals surface area (Å²) in [5.74, 6) is -1.46. The number of carbonyl (C=O) groups is 2. The summed E-state index contributed by atoms with van der Waals surface area (Å²) in [6.45, 7) is 6.95. The smallest absolute Gasteiger partial charge is 0.295 e. The van der Waals surface area contributed by atoms with Gasteiger partial charge in [0.15, 0.2) is 0 Å². The molecule has 0 aliphatic carbocycles. The van der Waals surface area contributed by atoms with Gasteiger partial charge >= 0.3 is 0 Å². The molecule has 7 heteroatoms. The quantitative estimate of drug-likeness (QED) is 0.407. The SMILES string of the molecule is CCN(CC)c1ccc(C2/C(=C(/O)c3ccncc3)C(=O)C(=O)N2CC2CCCO2)cc1. The number of aliphatic hydroxyl groups is 1. The fraction of sp³-hybridized carbons (Fsp3) is 0.400. The summed E-state index contributed by atoms with van der Waals surface area (Å²) < 4.78 is 5.74. The van der Waals surface area contributed by atoms with Crippen LogP contribution in [0.4, 0.5) is 5.69 Å². The zero-order chi connectivity index (χ0) is 22.7. The zero-order valence-corrected chi connectivity index (χ0v) is 18.5. The van der Waals surface area contributed by atoms with Gasteiger partial charge in [0.1, 0.15) is 5.76 Å². The first-order chi connectivity index (χ1) is 15.5. The van der Waals surface area contributed by atoms with Gasteiger partial charge in [-0.05, 0) is 56.5 Å². The molecule has 1 N–H and O–H groups in total. The average Bonchev–Trinajstić information content (AvgIpc) is 3.43. The Morgan fingerprint density at radius 1 is 1.12 bits per heavy atom. The highest BCUT2D eigenvalue weighted by molar-refractivity contribution is 6.46. The molecule has 4 rings (SSSR count). The van der Waals surface area contributed by atoms with Crippen molar-refractivity contribution in [1.29, 1.82) is 0 Å². The second-order valence-electron chi connectivity index (χ2n) is 8.09. The van der Waals surface area contributed by atoms with Crippen molar-refractivity contribution in [2.24, 2.45) is 0 Å². The maximum Gasteiger partial charge on any atom is 0.295 e. The van der Waals surface area contributed by atoms with Crippen LogP contribution in [0.3, 0.4) is 0 Å². The molecule has 2 atom stereocenters. The molecular weight excluding hydrogens is 406 g/mol. The molecule has 2 aromatic rings. The molecule has 1 aromatic carbocycles. The monoisotopic (exact) mass is 435 g/mol. The maximum absolute atomic E-state index is 13.1. The number of aliphatic hydroxyl groups excluding tert-OH is 1. The van der Waals surface area contributed by atoms with Gasteiger partial charge < -0.3 is 19.6 Å². The number of ether oxygens (including phenoxy) is 1. The predicted molar refractivity (Wildman–Crippen MR) is 122 cm³/mol. The summed E-state index contributed by atoms with van der Waals surface area (Å²) in [5, 5.41) is 11.1. The van der Waals surface area contributed by atoms with Gasteiger partial charge in [0.2, 0.25) is 0 Å². The largest absolute Gasteiger partial charge is 0.507 e. The summed E-state index contributed by atoms with van der Waals surface area (Å²) in [6.07, 6.45) is 4.78. The maximum atomic E-state index is 13.1. The van der Waals surface area contributed by atoms with Crippen LogP contribution in [0.15, 0.2) is 54.4 Å². The molecule has 3 heterocycles. The Hall–Kier alpha value is -3.19. The molecule has 2 unspecified atom stereocenters. The van der Waals surface area contributed by atoms with Crippen LogP contribution in [0.5, 0.6) is 0 Å². The van der Waals surface area contributed by atoms with Crippen LogP contribution in [0.2, 0.25) is 0 Å². The van der Waals surface area contributed by atoms with Crippen molar-refractivity contribution in [3.63, 3.8) is 0 Å². The molecule has 0 saturated carbocycles. The highest BCUT2D eigenvalue weighted by atomic mass is 16.5. The van der Waals surface area contributed by atoms with E-state index in [2.05, 4.69) is 23.7 Å². The number of rotatable bonds is 7. The van der Waals surface area contributed by atoms with E-state index in [9.17, 15) is 14.7 Å². The number of benzene rings is 1. The number of anilines is 1. The molecule has 168 valence electrons. The predicted octanol–water partition coefficient (Wildman–Crippen LogP) is 3.53. The third-order valence-corrected chi connectivity index (χ3v) is 6.26. The Bertz CT molecular complexity index is 994. The molecular formula is C25H29N3O4. The second kappa shape index (κ2) is 9.53. The van der Waals surface area contributed by atoms with Crippen molar-refractivity contribution in [2.45, 2.75) is 38.8 Å². The lowest BCUT2D eigenvalue weighted by molar-refractivity contribution is -0.140. The molecule has 2 fully saturated rings. The van der Waals surface area contributed by atoms with Crippen molar-refractivity contribution in [3.05, 3.63) is 65.5 Å². The molecule has 0 bridgehead atoms. The van der Waals surface area contributed by atoms with Gasteiger partial charge in [-0.2, -0.15) is 0 Å². The normalized spacial score (nSPS) is 22.5. The van der Waals surface area contributed by atoms with Crippen molar-refractivity contribution in [2.75, 3.05) is 31.1 Å². The Labute approximate surface area is 188 Å². The van der Waals surface area contributed by atoms with Crippen LogP contribution in [0, 0.1) is 0 Å². The van der Waals surface area contributed by atoms with Crippen molar-refractivity contribution in [1.82, 2.24) is 9.88 Å². The van der Waals surface area contributed by atoms with E-state index in [0.717, 1.165) is 37.2 Å². The van der Waals surface area contributed by atoms with Crippen LogP contribution < -0.4 is 4.90 Å². The molecule has 0 spiro atoms. The highest BCUT2D eigenvalue weighted by Gasteiger charge is 2.47. The number of pyridine rings is 1. The van der Waals surface area contributed by atoms with Gasteiger partial charge in [-0.15, -0.1) is 0 Å². The average molecular weight is 436 g/mol. The van der Waals surface area contributed by atoms with E-state index in [1.165, 1.54) is 0 Å². The fourth-order valence-corrected chi connectivity index (χ4v) is 4.54. The first-order valence-electron chi connectivity index (χ1n) is 11.2. The number of nitrogens with zero attached hydrogens (tertiary/aromatic N) is 3. The Kier molecular flexibility index (Phi) is 6.55. The molecule has 1 amide bonds. The lowest BCUT2D eigenvalue weighted by Gasteiger charge is -2.28. The summed E-state index contributed by atoms with van der Waals surface area (Å²) >= 11 is 0. The van der Waals surface area contributed by atoms with Crippen molar-refractivity contribution < 1.29 is 19.4 Å². The minimum absolute atomic E-state index is 0.105. The molecule has 32 heavy (non-hydrogen) atoms. The molecule has 2 saturated heterocycles. The zero-order valence-electron chi connectivity index (χ0n) is 18.5. The van der Waals surface area contributed by atoms with Crippen LogP contribution in [-0.4, -0.2) is 59.0 Å². The third kappa shape index (κ3) is 4.12. The third-order valence-electron chi connectivity index (χ3n) is 6.26. The highest BCUT2D eigenvalue weighted by Crippen LogP contribution is 2.40. The van der Waals surface area contributed by atoms with Gasteiger partial charge in [0.25, 0.3) is 11.7 Å². The molecule has 1 aromatic heterocycles. The Morgan fingerprint density at radius 3 is 2.41 bits per heavy atom. The van der Waals surface area contributed by atoms with Crippen LogP contribution in [-0.2, 0) is 14.3 Å². The van der Waals surface area contributed by atoms with E-state index < -0.39 is 17.7 Å². The van der Waals surface area contributed by atoms with Crippen LogP contribution in [0.25, 0.3) is 5.76 Å². The topological polar surface area (TPSA) is 83.0 Å². The number of aromatic nitrogens is 1. The summed E-state index contributed by atoms with van der Waals surface area (Å²) in [6, 6.07) is 10.5. The van der Waals surface area contributed by atoms with Gasteiger partial charge in [0, 0.05) is 49.9 Å².